The third-order valence-corrected chi connectivity index (χ3v) is 6.15. The maximum absolute atomic E-state index is 14.7. The molecule has 39 heavy (non-hydrogen) atoms. The molecule has 3 aromatic rings. The molecule has 0 aromatic heterocycles. The van der Waals surface area contributed by atoms with E-state index in [1.165, 1.54) is 36.4 Å². The summed E-state index contributed by atoms with van der Waals surface area (Å²) in [6.45, 7) is -0.0935. The highest BCUT2D eigenvalue weighted by atomic mass is 32.2. The molecule has 0 aliphatic heterocycles. The van der Waals surface area contributed by atoms with E-state index in [1.54, 1.807) is 0 Å². The highest BCUT2D eigenvalue weighted by Crippen LogP contribution is 2.42. The molecule has 0 heterocycles. The van der Waals surface area contributed by atoms with Gasteiger partial charge in [-0.25, -0.2) is 4.39 Å². The molecule has 14 heteroatoms. The Labute approximate surface area is 220 Å². The zero-order valence-electron chi connectivity index (χ0n) is 19.7. The van der Waals surface area contributed by atoms with Gasteiger partial charge in [0.25, 0.3) is 0 Å². The molecule has 0 fully saturated rings. The number of thioether (sulfide) groups is 1. The number of para-hydroxylation sites is 2. The number of aliphatic hydroxyl groups excluding tert-OH is 1. The molecular weight excluding hydrogens is 568 g/mol. The molecule has 3 rings (SSSR count). The molecule has 0 bridgehead atoms. The number of aliphatic hydroxyl groups is 1. The summed E-state index contributed by atoms with van der Waals surface area (Å²) in [4.78, 5) is 0.557. The van der Waals surface area contributed by atoms with Gasteiger partial charge in [0.15, 0.2) is 11.9 Å². The van der Waals surface area contributed by atoms with Gasteiger partial charge in [-0.1, -0.05) is 18.2 Å². The summed E-state index contributed by atoms with van der Waals surface area (Å²) in [5, 5.41) is 9.80. The van der Waals surface area contributed by atoms with Crippen molar-refractivity contribution in [1.29, 1.82) is 0 Å². The van der Waals surface area contributed by atoms with Crippen LogP contribution in [0.15, 0.2) is 71.6 Å². The lowest BCUT2D eigenvalue weighted by molar-refractivity contribution is -0.200. The molecule has 212 valence electrons. The van der Waals surface area contributed by atoms with Crippen molar-refractivity contribution in [2.75, 3.05) is 11.4 Å². The molecular formula is C25H19F10NO2S. The molecule has 3 nitrogen and oxygen atoms in total. The number of ether oxygens (including phenoxy) is 1. The van der Waals surface area contributed by atoms with Gasteiger partial charge in [-0.15, -0.1) is 0 Å². The van der Waals surface area contributed by atoms with Crippen LogP contribution in [-0.2, 0) is 6.18 Å². The van der Waals surface area contributed by atoms with E-state index in [9.17, 15) is 49.0 Å². The number of hydrogen-bond donors (Lipinski definition) is 1. The lowest BCUT2D eigenvalue weighted by atomic mass is 10.0. The van der Waals surface area contributed by atoms with Gasteiger partial charge in [-0.3, -0.25) is 0 Å². The van der Waals surface area contributed by atoms with Gasteiger partial charge < -0.3 is 14.7 Å². The minimum absolute atomic E-state index is 0.133. The van der Waals surface area contributed by atoms with E-state index in [1.807, 2.05) is 0 Å². The summed E-state index contributed by atoms with van der Waals surface area (Å²) in [6.07, 6.45) is -13.0. The van der Waals surface area contributed by atoms with Crippen molar-refractivity contribution in [3.8, 4) is 11.5 Å². The van der Waals surface area contributed by atoms with Gasteiger partial charge in [0.05, 0.1) is 23.8 Å². The topological polar surface area (TPSA) is 32.7 Å². The quantitative estimate of drug-likeness (QED) is 0.211. The van der Waals surface area contributed by atoms with Crippen molar-refractivity contribution in [1.82, 2.24) is 0 Å². The number of benzene rings is 3. The summed E-state index contributed by atoms with van der Waals surface area (Å²) < 4.78 is 138. The van der Waals surface area contributed by atoms with E-state index in [2.05, 4.69) is 0 Å². The molecule has 1 N–H and O–H groups in total. The standard InChI is InChI=1S/C25H19F10NO2S/c1-14(18-11-15(23(27,28)29)9-10-19(18)26)36(13-22(37)24(30,31)32)20-7-2-3-8-21(20)38-16-5-4-6-17(12-16)39-25(33,34)35/h2-12,14,22,37H,13H2,1H3. The van der Waals surface area contributed by atoms with E-state index in [4.69, 9.17) is 4.74 Å². The van der Waals surface area contributed by atoms with Crippen molar-refractivity contribution in [3.05, 3.63) is 83.7 Å². The summed E-state index contributed by atoms with van der Waals surface area (Å²) in [5.74, 6) is -1.48. The first kappa shape index (κ1) is 30.4. The fourth-order valence-corrected chi connectivity index (χ4v) is 4.19. The number of anilines is 1. The van der Waals surface area contributed by atoms with Gasteiger partial charge in [0, 0.05) is 10.5 Å². The summed E-state index contributed by atoms with van der Waals surface area (Å²) in [7, 11) is 0. The Morgan fingerprint density at radius 3 is 2.15 bits per heavy atom. The van der Waals surface area contributed by atoms with Crippen LogP contribution in [0.2, 0.25) is 0 Å². The van der Waals surface area contributed by atoms with Crippen LogP contribution in [-0.4, -0.2) is 29.4 Å². The molecule has 2 atom stereocenters. The summed E-state index contributed by atoms with van der Waals surface area (Å²) in [6, 6.07) is 9.87. The Morgan fingerprint density at radius 2 is 1.54 bits per heavy atom. The number of alkyl halides is 9. The molecule has 0 aliphatic carbocycles. The number of rotatable bonds is 8. The third kappa shape index (κ3) is 8.18. The van der Waals surface area contributed by atoms with Crippen LogP contribution in [0.5, 0.6) is 11.5 Å². The number of nitrogens with zero attached hydrogens (tertiary/aromatic N) is 1. The highest BCUT2D eigenvalue weighted by Gasteiger charge is 2.41. The molecule has 3 aromatic carbocycles. The smallest absolute Gasteiger partial charge is 0.446 e. The maximum Gasteiger partial charge on any atom is 0.446 e. The van der Waals surface area contributed by atoms with E-state index in [0.717, 1.165) is 24.0 Å². The first-order valence-corrected chi connectivity index (χ1v) is 11.8. The van der Waals surface area contributed by atoms with Crippen LogP contribution in [0.3, 0.4) is 0 Å². The zero-order chi connectivity index (χ0) is 29.2. The second kappa shape index (κ2) is 11.5. The predicted molar refractivity (Wildman–Crippen MR) is 124 cm³/mol. The van der Waals surface area contributed by atoms with Crippen molar-refractivity contribution in [2.24, 2.45) is 0 Å². The van der Waals surface area contributed by atoms with Crippen LogP contribution >= 0.6 is 11.8 Å². The average Bonchev–Trinajstić information content (AvgIpc) is 2.80. The fourth-order valence-electron chi connectivity index (χ4n) is 3.61. The van der Waals surface area contributed by atoms with Crippen molar-refractivity contribution in [2.45, 2.75) is 41.8 Å². The Bertz CT molecular complexity index is 1280. The second-order valence-electron chi connectivity index (χ2n) is 8.21. The van der Waals surface area contributed by atoms with Gasteiger partial charge >= 0.3 is 17.9 Å². The fraction of sp³-hybridized carbons (Fsp3) is 0.280. The van der Waals surface area contributed by atoms with Crippen LogP contribution < -0.4 is 9.64 Å². The molecule has 0 radical (unpaired) electrons. The van der Waals surface area contributed by atoms with Gasteiger partial charge in [-0.2, -0.15) is 39.5 Å². The molecule has 2 unspecified atom stereocenters. The Morgan fingerprint density at radius 1 is 0.872 bits per heavy atom. The highest BCUT2D eigenvalue weighted by molar-refractivity contribution is 8.00. The third-order valence-electron chi connectivity index (χ3n) is 5.43. The first-order valence-electron chi connectivity index (χ1n) is 11.0. The van der Waals surface area contributed by atoms with Crippen molar-refractivity contribution < 1.29 is 53.7 Å². The van der Waals surface area contributed by atoms with Crippen molar-refractivity contribution >= 4 is 17.4 Å². The Balaban J connectivity index is 2.07. The van der Waals surface area contributed by atoms with Crippen molar-refractivity contribution in [3.63, 3.8) is 0 Å². The van der Waals surface area contributed by atoms with Gasteiger partial charge in [0.2, 0.25) is 0 Å². The van der Waals surface area contributed by atoms with Gasteiger partial charge in [0.1, 0.15) is 11.6 Å². The van der Waals surface area contributed by atoms with E-state index in [0.29, 0.717) is 18.2 Å². The molecule has 0 aliphatic rings. The molecule has 0 saturated carbocycles. The monoisotopic (exact) mass is 587 g/mol. The maximum atomic E-state index is 14.7. The largest absolute Gasteiger partial charge is 0.455 e. The lowest BCUT2D eigenvalue weighted by Crippen LogP contribution is -2.42. The molecule has 0 amide bonds. The molecule has 0 spiro atoms. The van der Waals surface area contributed by atoms with Crippen LogP contribution in [0.4, 0.5) is 49.6 Å². The zero-order valence-corrected chi connectivity index (χ0v) is 20.5. The SMILES string of the molecule is CC(c1cc(C(F)(F)F)ccc1F)N(CC(O)C(F)(F)F)c1ccccc1Oc1cccc(SC(F)(F)F)c1. The normalized spacial score (nSPS) is 14.2. The summed E-state index contributed by atoms with van der Waals surface area (Å²) in [5.41, 5.74) is -6.66. The van der Waals surface area contributed by atoms with Crippen LogP contribution in [0.1, 0.15) is 24.1 Å². The lowest BCUT2D eigenvalue weighted by Gasteiger charge is -2.35. The Kier molecular flexibility index (Phi) is 9.00. The van der Waals surface area contributed by atoms with Gasteiger partial charge in [-0.05, 0) is 67.2 Å². The molecule has 0 saturated heterocycles. The van der Waals surface area contributed by atoms with Crippen LogP contribution in [0, 0.1) is 5.82 Å². The predicted octanol–water partition coefficient (Wildman–Crippen LogP) is 8.74. The van der Waals surface area contributed by atoms with E-state index < -0.39 is 65.3 Å². The summed E-state index contributed by atoms with van der Waals surface area (Å²) >= 11 is -0.428. The number of hydrogen-bond acceptors (Lipinski definition) is 4. The second-order valence-corrected chi connectivity index (χ2v) is 9.35. The minimum Gasteiger partial charge on any atom is -0.455 e. The Hall–Kier alpha value is -3.13. The minimum atomic E-state index is -5.14. The number of halogens is 10. The van der Waals surface area contributed by atoms with E-state index >= 15 is 0 Å². The van der Waals surface area contributed by atoms with E-state index in [-0.39, 0.29) is 22.1 Å². The average molecular weight is 587 g/mol. The first-order chi connectivity index (χ1) is 18.0. The van der Waals surface area contributed by atoms with Crippen LogP contribution in [0.25, 0.3) is 0 Å².